The first-order valence-corrected chi connectivity index (χ1v) is 7.58. The maximum atomic E-state index is 12.2. The summed E-state index contributed by atoms with van der Waals surface area (Å²) in [5, 5.41) is 0.0667. The van der Waals surface area contributed by atoms with Crippen LogP contribution in [0.25, 0.3) is 0 Å². The maximum Gasteiger partial charge on any atom is 0.260 e. The predicted octanol–water partition coefficient (Wildman–Crippen LogP) is 0.113. The first-order valence-electron chi connectivity index (χ1n) is 6.14. The molecule has 0 saturated heterocycles. The summed E-state index contributed by atoms with van der Waals surface area (Å²) in [4.78, 5) is 5.99. The van der Waals surface area contributed by atoms with E-state index >= 15 is 0 Å². The van der Waals surface area contributed by atoms with Crippen molar-refractivity contribution in [3.8, 4) is 0 Å². The third-order valence-corrected chi connectivity index (χ3v) is 4.56. The highest BCUT2D eigenvalue weighted by molar-refractivity contribution is 7.89. The van der Waals surface area contributed by atoms with Gasteiger partial charge in [0.25, 0.3) is 10.0 Å². The molecule has 1 aromatic heterocycles. The third-order valence-electron chi connectivity index (χ3n) is 2.79. The lowest BCUT2D eigenvalue weighted by Crippen LogP contribution is -2.30. The molecule has 108 valence electrons. The second-order valence-electron chi connectivity index (χ2n) is 4.69. The summed E-state index contributed by atoms with van der Waals surface area (Å²) in [7, 11) is 1.99. The molecular weight excluding hydrogens is 264 g/mol. The molecule has 1 rings (SSSR count). The SMILES string of the molecule is CN(C)CCCN(C)S(=O)(=O)c1ccc(CN)cn1. The Morgan fingerprint density at radius 3 is 2.37 bits per heavy atom. The largest absolute Gasteiger partial charge is 0.326 e. The van der Waals surface area contributed by atoms with E-state index in [0.29, 0.717) is 13.1 Å². The van der Waals surface area contributed by atoms with E-state index in [4.69, 9.17) is 5.73 Å². The Bertz CT molecular complexity index is 485. The van der Waals surface area contributed by atoms with Gasteiger partial charge in [0.1, 0.15) is 0 Å². The Morgan fingerprint density at radius 2 is 1.89 bits per heavy atom. The van der Waals surface area contributed by atoms with Crippen LogP contribution in [0.3, 0.4) is 0 Å². The number of pyridine rings is 1. The van der Waals surface area contributed by atoms with Crippen LogP contribution in [0.15, 0.2) is 23.4 Å². The van der Waals surface area contributed by atoms with Crippen LogP contribution in [0.5, 0.6) is 0 Å². The molecule has 19 heavy (non-hydrogen) atoms. The van der Waals surface area contributed by atoms with Gasteiger partial charge in [-0.3, -0.25) is 0 Å². The Morgan fingerprint density at radius 1 is 1.21 bits per heavy atom. The fourth-order valence-corrected chi connectivity index (χ4v) is 2.69. The predicted molar refractivity (Wildman–Crippen MR) is 75.1 cm³/mol. The van der Waals surface area contributed by atoms with Crippen LogP contribution in [0, 0.1) is 0 Å². The van der Waals surface area contributed by atoms with Gasteiger partial charge in [-0.2, -0.15) is 4.31 Å². The molecule has 0 radical (unpaired) electrons. The van der Waals surface area contributed by atoms with Crippen molar-refractivity contribution in [1.29, 1.82) is 0 Å². The average Bonchev–Trinajstić information content (AvgIpc) is 2.38. The number of sulfonamides is 1. The summed E-state index contributed by atoms with van der Waals surface area (Å²) in [6.45, 7) is 1.67. The molecule has 6 nitrogen and oxygen atoms in total. The van der Waals surface area contributed by atoms with Gasteiger partial charge in [0.15, 0.2) is 5.03 Å². The number of hydrogen-bond donors (Lipinski definition) is 1. The zero-order valence-corrected chi connectivity index (χ0v) is 12.5. The highest BCUT2D eigenvalue weighted by Crippen LogP contribution is 2.12. The smallest absolute Gasteiger partial charge is 0.260 e. The van der Waals surface area contributed by atoms with Crippen molar-refractivity contribution >= 4 is 10.0 Å². The molecule has 0 unspecified atom stereocenters. The fourth-order valence-electron chi connectivity index (χ4n) is 1.57. The van der Waals surface area contributed by atoms with Crippen LogP contribution < -0.4 is 5.73 Å². The molecule has 0 aliphatic carbocycles. The van der Waals surface area contributed by atoms with E-state index in [-0.39, 0.29) is 5.03 Å². The summed E-state index contributed by atoms with van der Waals surface area (Å²) in [5.41, 5.74) is 6.27. The Kier molecular flexibility index (Phi) is 5.86. The third kappa shape index (κ3) is 4.54. The second-order valence-corrected chi connectivity index (χ2v) is 6.68. The zero-order chi connectivity index (χ0) is 14.5. The molecular formula is C12H22N4O2S. The standard InChI is InChI=1S/C12H22N4O2S/c1-15(2)7-4-8-16(3)19(17,18)12-6-5-11(9-13)10-14-12/h5-6,10H,4,7-9,13H2,1-3H3. The van der Waals surface area contributed by atoms with Crippen molar-refractivity contribution in [2.45, 2.75) is 18.0 Å². The molecule has 0 aliphatic rings. The van der Waals surface area contributed by atoms with Crippen molar-refractivity contribution in [2.75, 3.05) is 34.2 Å². The Balaban J connectivity index is 2.72. The molecule has 0 amide bonds. The second kappa shape index (κ2) is 6.95. The van der Waals surface area contributed by atoms with Gasteiger partial charge in [-0.1, -0.05) is 6.07 Å². The highest BCUT2D eigenvalue weighted by atomic mass is 32.2. The molecule has 0 saturated carbocycles. The quantitative estimate of drug-likeness (QED) is 0.770. The van der Waals surface area contributed by atoms with Crippen LogP contribution in [0.1, 0.15) is 12.0 Å². The first kappa shape index (κ1) is 16.0. The lowest BCUT2D eigenvalue weighted by Gasteiger charge is -2.18. The van der Waals surface area contributed by atoms with Crippen LogP contribution in [-0.4, -0.2) is 56.8 Å². The van der Waals surface area contributed by atoms with Crippen LogP contribution in [0.2, 0.25) is 0 Å². The van der Waals surface area contributed by atoms with Crippen molar-refractivity contribution in [2.24, 2.45) is 5.73 Å². The van der Waals surface area contributed by atoms with Crippen molar-refractivity contribution < 1.29 is 8.42 Å². The average molecular weight is 286 g/mol. The van der Waals surface area contributed by atoms with E-state index in [1.807, 2.05) is 19.0 Å². The topological polar surface area (TPSA) is 79.5 Å². The molecule has 0 spiro atoms. The van der Waals surface area contributed by atoms with Gasteiger partial charge in [0.05, 0.1) is 0 Å². The summed E-state index contributed by atoms with van der Waals surface area (Å²) in [6.07, 6.45) is 2.28. The summed E-state index contributed by atoms with van der Waals surface area (Å²) < 4.78 is 25.8. The van der Waals surface area contributed by atoms with Gasteiger partial charge in [0.2, 0.25) is 0 Å². The van der Waals surface area contributed by atoms with E-state index in [1.165, 1.54) is 16.6 Å². The molecule has 2 N–H and O–H groups in total. The number of rotatable bonds is 7. The van der Waals surface area contributed by atoms with E-state index in [1.54, 1.807) is 13.1 Å². The molecule has 0 bridgehead atoms. The van der Waals surface area contributed by atoms with Crippen molar-refractivity contribution in [1.82, 2.24) is 14.2 Å². The first-order chi connectivity index (χ1) is 8.87. The molecule has 0 fully saturated rings. The van der Waals surface area contributed by atoms with Gasteiger partial charge in [-0.25, -0.2) is 13.4 Å². The van der Waals surface area contributed by atoms with E-state index in [9.17, 15) is 8.42 Å². The molecule has 0 aromatic carbocycles. The monoisotopic (exact) mass is 286 g/mol. The molecule has 1 aromatic rings. The zero-order valence-electron chi connectivity index (χ0n) is 11.7. The number of nitrogens with zero attached hydrogens (tertiary/aromatic N) is 3. The number of nitrogens with two attached hydrogens (primary N) is 1. The summed E-state index contributed by atoms with van der Waals surface area (Å²) >= 11 is 0. The van der Waals surface area contributed by atoms with Crippen LogP contribution >= 0.6 is 0 Å². The minimum Gasteiger partial charge on any atom is -0.326 e. The van der Waals surface area contributed by atoms with E-state index in [0.717, 1.165) is 18.5 Å². The maximum absolute atomic E-state index is 12.2. The van der Waals surface area contributed by atoms with Gasteiger partial charge in [0, 0.05) is 26.3 Å². The van der Waals surface area contributed by atoms with E-state index in [2.05, 4.69) is 4.98 Å². The minimum absolute atomic E-state index is 0.0667. The Hall–Kier alpha value is -1.02. The highest BCUT2D eigenvalue weighted by Gasteiger charge is 2.21. The van der Waals surface area contributed by atoms with Gasteiger partial charge >= 0.3 is 0 Å². The van der Waals surface area contributed by atoms with Crippen LogP contribution in [-0.2, 0) is 16.6 Å². The van der Waals surface area contributed by atoms with Crippen LogP contribution in [0.4, 0.5) is 0 Å². The lowest BCUT2D eigenvalue weighted by atomic mass is 10.3. The van der Waals surface area contributed by atoms with Gasteiger partial charge in [-0.05, 0) is 38.7 Å². The molecule has 1 heterocycles. The van der Waals surface area contributed by atoms with Crippen molar-refractivity contribution in [3.05, 3.63) is 23.9 Å². The van der Waals surface area contributed by atoms with Crippen molar-refractivity contribution in [3.63, 3.8) is 0 Å². The minimum atomic E-state index is -3.50. The molecule has 0 atom stereocenters. The number of hydrogen-bond acceptors (Lipinski definition) is 5. The molecule has 0 aliphatic heterocycles. The van der Waals surface area contributed by atoms with E-state index < -0.39 is 10.0 Å². The summed E-state index contributed by atoms with van der Waals surface area (Å²) in [6, 6.07) is 3.19. The number of aromatic nitrogens is 1. The molecule has 7 heteroatoms. The normalized spacial score (nSPS) is 12.3. The van der Waals surface area contributed by atoms with Gasteiger partial charge in [-0.15, -0.1) is 0 Å². The lowest BCUT2D eigenvalue weighted by molar-refractivity contribution is 0.370. The fraction of sp³-hybridized carbons (Fsp3) is 0.583. The Labute approximate surface area is 115 Å². The van der Waals surface area contributed by atoms with Gasteiger partial charge < -0.3 is 10.6 Å². The summed E-state index contributed by atoms with van der Waals surface area (Å²) in [5.74, 6) is 0.